The van der Waals surface area contributed by atoms with Crippen molar-refractivity contribution in [3.05, 3.63) is 29.6 Å². The molecule has 1 aromatic rings. The average Bonchev–Trinajstić information content (AvgIpc) is 3.05. The van der Waals surface area contributed by atoms with Crippen LogP contribution in [-0.2, 0) is 4.79 Å². The number of carboxylic acids is 1. The zero-order valence-corrected chi connectivity index (χ0v) is 13.4. The third kappa shape index (κ3) is 2.70. The smallest absolute Gasteiger partial charge is 0.321 e. The Morgan fingerprint density at radius 1 is 1.45 bits per heavy atom. The van der Waals surface area contributed by atoms with Gasteiger partial charge in [-0.3, -0.25) is 14.7 Å². The van der Waals surface area contributed by atoms with Gasteiger partial charge >= 0.3 is 5.97 Å². The molecule has 2 heterocycles. The van der Waals surface area contributed by atoms with Crippen LogP contribution in [0.4, 0.5) is 4.39 Å². The van der Waals surface area contributed by atoms with E-state index in [2.05, 4.69) is 4.99 Å². The first-order valence-corrected chi connectivity index (χ1v) is 8.77. The molecule has 5 nitrogen and oxygen atoms in total. The number of nitrogens with zero attached hydrogens (tertiary/aromatic N) is 2. The minimum atomic E-state index is -0.834. The summed E-state index contributed by atoms with van der Waals surface area (Å²) in [5, 5.41) is 19.4. The summed E-state index contributed by atoms with van der Waals surface area (Å²) in [6.07, 6.45) is 0. The van der Waals surface area contributed by atoms with E-state index >= 15 is 0 Å². The zero-order valence-electron chi connectivity index (χ0n) is 11.8. The maximum atomic E-state index is 13.9. The summed E-state index contributed by atoms with van der Waals surface area (Å²) in [6.45, 7) is 0. The third-order valence-corrected chi connectivity index (χ3v) is 6.40. The number of rotatable bonds is 3. The fraction of sp³-hybridized carbons (Fsp3) is 0.429. The van der Waals surface area contributed by atoms with E-state index in [1.807, 2.05) is 4.90 Å². The Labute approximate surface area is 135 Å². The van der Waals surface area contributed by atoms with Crippen LogP contribution in [0.1, 0.15) is 5.56 Å². The summed E-state index contributed by atoms with van der Waals surface area (Å²) in [6, 6.07) is 3.55. The lowest BCUT2D eigenvalue weighted by Crippen LogP contribution is -2.42. The van der Waals surface area contributed by atoms with Crippen LogP contribution in [0.5, 0.6) is 5.75 Å². The minimum Gasteiger partial charge on any atom is -0.507 e. The molecule has 3 rings (SSSR count). The first kappa shape index (κ1) is 15.6. The van der Waals surface area contributed by atoms with E-state index in [4.69, 9.17) is 5.11 Å². The standard InChI is InChI=1S/C14H15FN2O3S2/c1-17-9(14(19)20)6-22-13(17)8-5-21-12(16-8)11-7(15)3-2-4-10(11)18/h2-4,8-9,13,18H,5-6H2,1H3,(H,19,20)/t8-,9-,13-/m1/s1. The first-order valence-electron chi connectivity index (χ1n) is 6.74. The molecular formula is C14H15FN2O3S2. The number of carboxylic acid groups (broad SMARTS) is 1. The van der Waals surface area contributed by atoms with E-state index < -0.39 is 17.8 Å². The molecule has 3 atom stereocenters. The number of hydrogen-bond donors (Lipinski definition) is 2. The summed E-state index contributed by atoms with van der Waals surface area (Å²) in [4.78, 5) is 17.5. The molecular weight excluding hydrogens is 327 g/mol. The summed E-state index contributed by atoms with van der Waals surface area (Å²) in [5.74, 6) is -0.283. The van der Waals surface area contributed by atoms with Crippen LogP contribution in [0.2, 0.25) is 0 Å². The number of thioether (sulfide) groups is 2. The highest BCUT2D eigenvalue weighted by Gasteiger charge is 2.41. The third-order valence-electron chi connectivity index (χ3n) is 3.81. The number of benzene rings is 1. The number of hydrogen-bond acceptors (Lipinski definition) is 6. The molecule has 0 amide bonds. The number of carbonyl (C=O) groups is 1. The molecule has 0 radical (unpaired) electrons. The van der Waals surface area contributed by atoms with Crippen LogP contribution in [0.15, 0.2) is 23.2 Å². The summed E-state index contributed by atoms with van der Waals surface area (Å²) in [7, 11) is 1.78. The second kappa shape index (κ2) is 6.10. The van der Waals surface area contributed by atoms with Crippen molar-refractivity contribution in [2.24, 2.45) is 4.99 Å². The Kier molecular flexibility index (Phi) is 4.33. The van der Waals surface area contributed by atoms with Crippen molar-refractivity contribution in [3.8, 4) is 5.75 Å². The molecule has 0 aliphatic carbocycles. The van der Waals surface area contributed by atoms with E-state index in [9.17, 15) is 14.3 Å². The Hall–Kier alpha value is -1.25. The fourth-order valence-electron chi connectivity index (χ4n) is 2.63. The largest absolute Gasteiger partial charge is 0.507 e. The number of likely N-dealkylation sites (N-methyl/N-ethyl adjacent to an activating group) is 1. The second-order valence-electron chi connectivity index (χ2n) is 5.19. The van der Waals surface area contributed by atoms with Gasteiger partial charge in [0.05, 0.1) is 17.0 Å². The van der Waals surface area contributed by atoms with Crippen molar-refractivity contribution in [3.63, 3.8) is 0 Å². The van der Waals surface area contributed by atoms with E-state index in [1.165, 1.54) is 30.0 Å². The molecule has 2 N–H and O–H groups in total. The number of aromatic hydroxyl groups is 1. The highest BCUT2D eigenvalue weighted by Crippen LogP contribution is 2.38. The average molecular weight is 342 g/mol. The predicted molar refractivity (Wildman–Crippen MR) is 86.3 cm³/mol. The van der Waals surface area contributed by atoms with Crippen LogP contribution in [0.25, 0.3) is 0 Å². The van der Waals surface area contributed by atoms with Gasteiger partial charge in [0.25, 0.3) is 0 Å². The number of phenolic OH excluding ortho intramolecular Hbond substituents is 1. The highest BCUT2D eigenvalue weighted by molar-refractivity contribution is 8.14. The topological polar surface area (TPSA) is 73.1 Å². The molecule has 0 unspecified atom stereocenters. The van der Waals surface area contributed by atoms with Gasteiger partial charge in [0.15, 0.2) is 0 Å². The molecule has 1 aromatic carbocycles. The Morgan fingerprint density at radius 3 is 2.86 bits per heavy atom. The molecule has 0 bridgehead atoms. The monoisotopic (exact) mass is 342 g/mol. The van der Waals surface area contributed by atoms with Crippen LogP contribution < -0.4 is 0 Å². The SMILES string of the molecule is CN1[C@@H](C(=O)O)CS[C@@H]1[C@H]1CSC(c2c(O)cccc2F)=N1. The molecule has 2 aliphatic heterocycles. The van der Waals surface area contributed by atoms with Crippen molar-refractivity contribution in [1.29, 1.82) is 0 Å². The molecule has 0 saturated carbocycles. The lowest BCUT2D eigenvalue weighted by molar-refractivity contribution is -0.141. The lowest BCUT2D eigenvalue weighted by atomic mass is 10.2. The van der Waals surface area contributed by atoms with Gasteiger partial charge < -0.3 is 10.2 Å². The quantitative estimate of drug-likeness (QED) is 0.873. The second-order valence-corrected chi connectivity index (χ2v) is 7.35. The maximum Gasteiger partial charge on any atom is 0.321 e. The fourth-order valence-corrected chi connectivity index (χ4v) is 5.41. The van der Waals surface area contributed by atoms with E-state index in [1.54, 1.807) is 18.8 Å². The summed E-state index contributed by atoms with van der Waals surface area (Å²) >= 11 is 2.95. The maximum absolute atomic E-state index is 13.9. The van der Waals surface area contributed by atoms with Gasteiger partial charge in [-0.2, -0.15) is 0 Å². The van der Waals surface area contributed by atoms with Gasteiger partial charge in [-0.05, 0) is 19.2 Å². The van der Waals surface area contributed by atoms with Crippen LogP contribution in [0, 0.1) is 5.82 Å². The molecule has 1 fully saturated rings. The van der Waals surface area contributed by atoms with Crippen molar-refractivity contribution in [1.82, 2.24) is 4.90 Å². The molecule has 0 spiro atoms. The van der Waals surface area contributed by atoms with E-state index in [0.29, 0.717) is 16.5 Å². The van der Waals surface area contributed by atoms with Crippen molar-refractivity contribution < 1.29 is 19.4 Å². The summed E-state index contributed by atoms with van der Waals surface area (Å²) in [5.41, 5.74) is 0.135. The molecule has 2 aliphatic rings. The van der Waals surface area contributed by atoms with Gasteiger partial charge in [0.1, 0.15) is 22.7 Å². The Morgan fingerprint density at radius 2 is 2.23 bits per heavy atom. The van der Waals surface area contributed by atoms with Gasteiger partial charge in [0.2, 0.25) is 0 Å². The lowest BCUT2D eigenvalue weighted by Gasteiger charge is -2.24. The van der Waals surface area contributed by atoms with Crippen molar-refractivity contribution >= 4 is 34.5 Å². The van der Waals surface area contributed by atoms with Gasteiger partial charge in [-0.15, -0.1) is 23.5 Å². The van der Waals surface area contributed by atoms with Gasteiger partial charge in [-0.1, -0.05) is 6.07 Å². The van der Waals surface area contributed by atoms with E-state index in [0.717, 1.165) is 0 Å². The highest BCUT2D eigenvalue weighted by atomic mass is 32.2. The number of phenols is 1. The van der Waals surface area contributed by atoms with Crippen molar-refractivity contribution in [2.75, 3.05) is 18.6 Å². The zero-order chi connectivity index (χ0) is 15.9. The minimum absolute atomic E-state index is 0.0417. The normalized spacial score (nSPS) is 28.8. The number of aliphatic imine (C=N–C) groups is 1. The Bertz CT molecular complexity index is 620. The molecule has 0 aromatic heterocycles. The van der Waals surface area contributed by atoms with Gasteiger partial charge in [0, 0.05) is 11.5 Å². The van der Waals surface area contributed by atoms with Crippen LogP contribution >= 0.6 is 23.5 Å². The number of aliphatic carboxylic acids is 1. The van der Waals surface area contributed by atoms with Crippen molar-refractivity contribution in [2.45, 2.75) is 17.5 Å². The van der Waals surface area contributed by atoms with Crippen LogP contribution in [-0.4, -0.2) is 62.1 Å². The summed E-state index contributed by atoms with van der Waals surface area (Å²) < 4.78 is 13.9. The van der Waals surface area contributed by atoms with Gasteiger partial charge in [-0.25, -0.2) is 4.39 Å². The van der Waals surface area contributed by atoms with E-state index in [-0.39, 0.29) is 22.7 Å². The molecule has 118 valence electrons. The first-order chi connectivity index (χ1) is 10.5. The Balaban J connectivity index is 1.82. The van der Waals surface area contributed by atoms with Crippen LogP contribution in [0.3, 0.4) is 0 Å². The molecule has 1 saturated heterocycles. The predicted octanol–water partition coefficient (Wildman–Crippen LogP) is 1.85. The molecule has 8 heteroatoms. The molecule has 22 heavy (non-hydrogen) atoms. The number of halogens is 1.